The van der Waals surface area contributed by atoms with Crippen molar-refractivity contribution in [2.45, 2.75) is 12.6 Å². The van der Waals surface area contributed by atoms with E-state index in [1.165, 1.54) is 11.3 Å². The van der Waals surface area contributed by atoms with Crippen molar-refractivity contribution in [3.05, 3.63) is 46.5 Å². The second-order valence-electron chi connectivity index (χ2n) is 5.04. The molecule has 0 bridgehead atoms. The minimum Gasteiger partial charge on any atom is -0.467 e. The van der Waals surface area contributed by atoms with Gasteiger partial charge in [-0.05, 0) is 23.6 Å². The van der Waals surface area contributed by atoms with Crippen LogP contribution in [0.4, 0.5) is 0 Å². The zero-order valence-electron chi connectivity index (χ0n) is 12.1. The van der Waals surface area contributed by atoms with E-state index in [-0.39, 0.29) is 11.8 Å². The van der Waals surface area contributed by atoms with E-state index in [4.69, 9.17) is 4.42 Å². The second-order valence-corrected chi connectivity index (χ2v) is 6.99. The highest BCUT2D eigenvalue weighted by atomic mass is 32.2. The monoisotopic (exact) mass is 336 g/mol. The predicted molar refractivity (Wildman–Crippen MR) is 86.8 cm³/mol. The van der Waals surface area contributed by atoms with Gasteiger partial charge in [0.25, 0.3) is 5.91 Å². The lowest BCUT2D eigenvalue weighted by molar-refractivity contribution is -0.134. The van der Waals surface area contributed by atoms with Gasteiger partial charge in [0.05, 0.1) is 23.6 Å². The van der Waals surface area contributed by atoms with Gasteiger partial charge >= 0.3 is 0 Å². The van der Waals surface area contributed by atoms with Gasteiger partial charge in [-0.2, -0.15) is 0 Å². The van der Waals surface area contributed by atoms with Crippen molar-refractivity contribution in [3.63, 3.8) is 0 Å². The highest BCUT2D eigenvalue weighted by molar-refractivity contribution is 7.99. The molecule has 0 aliphatic carbocycles. The van der Waals surface area contributed by atoms with Crippen LogP contribution in [0.1, 0.15) is 15.4 Å². The van der Waals surface area contributed by atoms with Gasteiger partial charge in [0.2, 0.25) is 5.91 Å². The summed E-state index contributed by atoms with van der Waals surface area (Å²) in [6.45, 7) is 0.411. The maximum absolute atomic E-state index is 12.6. The van der Waals surface area contributed by atoms with E-state index in [2.05, 4.69) is 0 Å². The van der Waals surface area contributed by atoms with Crippen LogP contribution >= 0.6 is 23.1 Å². The topological polar surface area (TPSA) is 53.8 Å². The van der Waals surface area contributed by atoms with Gasteiger partial charge < -0.3 is 14.2 Å². The van der Waals surface area contributed by atoms with E-state index in [1.54, 1.807) is 47.0 Å². The number of furan rings is 1. The number of thioether (sulfide) groups is 1. The van der Waals surface area contributed by atoms with E-state index in [0.717, 1.165) is 5.76 Å². The molecule has 0 N–H and O–H groups in total. The normalized spacial score (nSPS) is 17.7. The number of nitrogens with zero attached hydrogens (tertiary/aromatic N) is 2. The number of hydrogen-bond acceptors (Lipinski definition) is 5. The number of carbonyl (C=O) groups excluding carboxylic acids is 2. The van der Waals surface area contributed by atoms with Crippen LogP contribution in [0, 0.1) is 0 Å². The Morgan fingerprint density at radius 2 is 2.27 bits per heavy atom. The van der Waals surface area contributed by atoms with Gasteiger partial charge in [-0.15, -0.1) is 23.1 Å². The highest BCUT2D eigenvalue weighted by Crippen LogP contribution is 2.26. The SMILES string of the molecule is CN(Cc1ccco1)C(=O)[C@@H]1CSCN1C(=O)c1cccs1. The lowest BCUT2D eigenvalue weighted by Crippen LogP contribution is -2.47. The Morgan fingerprint density at radius 1 is 1.41 bits per heavy atom. The largest absolute Gasteiger partial charge is 0.467 e. The van der Waals surface area contributed by atoms with Crippen molar-refractivity contribution in [2.75, 3.05) is 18.7 Å². The Morgan fingerprint density at radius 3 is 2.95 bits per heavy atom. The number of carbonyl (C=O) groups is 2. The predicted octanol–water partition coefficient (Wildman–Crippen LogP) is 2.51. The molecular weight excluding hydrogens is 320 g/mol. The quantitative estimate of drug-likeness (QED) is 0.861. The molecule has 3 rings (SSSR count). The molecule has 116 valence electrons. The number of rotatable bonds is 4. The molecular formula is C15H16N2O3S2. The minimum atomic E-state index is -0.403. The average molecular weight is 336 g/mol. The van der Waals surface area contributed by atoms with Crippen LogP contribution in [0.2, 0.25) is 0 Å². The Bertz CT molecular complexity index is 640. The molecule has 5 nitrogen and oxygen atoms in total. The molecule has 0 spiro atoms. The summed E-state index contributed by atoms with van der Waals surface area (Å²) in [5, 5.41) is 1.87. The zero-order chi connectivity index (χ0) is 15.5. The summed E-state index contributed by atoms with van der Waals surface area (Å²) in [6, 6.07) is 6.87. The molecule has 1 saturated heterocycles. The third kappa shape index (κ3) is 3.05. The summed E-state index contributed by atoms with van der Waals surface area (Å²) in [5.74, 6) is 1.81. The Labute approximate surface area is 136 Å². The number of thiophene rings is 1. The van der Waals surface area contributed by atoms with Crippen molar-refractivity contribution < 1.29 is 14.0 Å². The Kier molecular flexibility index (Phi) is 4.54. The number of hydrogen-bond donors (Lipinski definition) is 0. The van der Waals surface area contributed by atoms with Gasteiger partial charge in [-0.1, -0.05) is 6.07 Å². The summed E-state index contributed by atoms with van der Waals surface area (Å²) < 4.78 is 5.27. The first kappa shape index (κ1) is 15.2. The number of amides is 2. The molecule has 3 heterocycles. The van der Waals surface area contributed by atoms with Gasteiger partial charge in [0.15, 0.2) is 0 Å². The lowest BCUT2D eigenvalue weighted by atomic mass is 10.2. The molecule has 1 aliphatic heterocycles. The third-order valence-electron chi connectivity index (χ3n) is 3.51. The Hall–Kier alpha value is -1.73. The van der Waals surface area contributed by atoms with Crippen molar-refractivity contribution in [3.8, 4) is 0 Å². The van der Waals surface area contributed by atoms with E-state index in [1.807, 2.05) is 17.5 Å². The molecule has 0 unspecified atom stereocenters. The van der Waals surface area contributed by atoms with Crippen molar-refractivity contribution >= 4 is 34.9 Å². The first-order valence-electron chi connectivity index (χ1n) is 6.86. The number of likely N-dealkylation sites (N-methyl/N-ethyl adjacent to an activating group) is 1. The maximum atomic E-state index is 12.6. The second kappa shape index (κ2) is 6.58. The van der Waals surface area contributed by atoms with Gasteiger partial charge in [0, 0.05) is 12.8 Å². The molecule has 1 fully saturated rings. The van der Waals surface area contributed by atoms with Crippen LogP contribution < -0.4 is 0 Å². The summed E-state index contributed by atoms with van der Waals surface area (Å²) >= 11 is 3.01. The lowest BCUT2D eigenvalue weighted by Gasteiger charge is -2.26. The molecule has 1 aliphatic rings. The standard InChI is InChI=1S/C15H16N2O3S2/c1-16(8-11-4-2-6-20-11)14(18)12-9-21-10-17(12)15(19)13-5-3-7-22-13/h2-7,12H,8-10H2,1H3/t12-/m0/s1. The van der Waals surface area contributed by atoms with E-state index in [0.29, 0.717) is 23.1 Å². The van der Waals surface area contributed by atoms with Crippen molar-refractivity contribution in [1.82, 2.24) is 9.80 Å². The molecule has 22 heavy (non-hydrogen) atoms. The third-order valence-corrected chi connectivity index (χ3v) is 5.38. The van der Waals surface area contributed by atoms with Gasteiger partial charge in [0.1, 0.15) is 11.8 Å². The van der Waals surface area contributed by atoms with Gasteiger partial charge in [-0.25, -0.2) is 0 Å². The summed E-state index contributed by atoms with van der Waals surface area (Å²) in [7, 11) is 1.74. The van der Waals surface area contributed by atoms with Crippen LogP contribution in [0.15, 0.2) is 40.3 Å². The zero-order valence-corrected chi connectivity index (χ0v) is 13.7. The molecule has 1 atom stereocenters. The van der Waals surface area contributed by atoms with Gasteiger partial charge in [-0.3, -0.25) is 9.59 Å². The van der Waals surface area contributed by atoms with Crippen molar-refractivity contribution in [2.24, 2.45) is 0 Å². The summed E-state index contributed by atoms with van der Waals surface area (Å²) in [4.78, 5) is 29.1. The summed E-state index contributed by atoms with van der Waals surface area (Å²) in [6.07, 6.45) is 1.59. The molecule has 0 saturated carbocycles. The van der Waals surface area contributed by atoms with Crippen molar-refractivity contribution in [1.29, 1.82) is 0 Å². The first-order valence-corrected chi connectivity index (χ1v) is 8.90. The first-order chi connectivity index (χ1) is 10.7. The highest BCUT2D eigenvalue weighted by Gasteiger charge is 2.37. The van der Waals surface area contributed by atoms with E-state index < -0.39 is 6.04 Å². The minimum absolute atomic E-state index is 0.0497. The fraction of sp³-hybridized carbons (Fsp3) is 0.333. The van der Waals surface area contributed by atoms with E-state index >= 15 is 0 Å². The summed E-state index contributed by atoms with van der Waals surface area (Å²) in [5.41, 5.74) is 0. The van der Waals surface area contributed by atoms with E-state index in [9.17, 15) is 9.59 Å². The molecule has 2 aromatic rings. The fourth-order valence-corrected chi connectivity index (χ4v) is 4.18. The molecule has 7 heteroatoms. The smallest absolute Gasteiger partial charge is 0.265 e. The average Bonchev–Trinajstić information content (AvgIpc) is 3.26. The maximum Gasteiger partial charge on any atom is 0.265 e. The van der Waals surface area contributed by atoms with Crippen LogP contribution in [0.5, 0.6) is 0 Å². The van der Waals surface area contributed by atoms with Crippen LogP contribution in [-0.4, -0.2) is 46.3 Å². The molecule has 0 radical (unpaired) electrons. The molecule has 0 aromatic carbocycles. The fourth-order valence-electron chi connectivity index (χ4n) is 2.36. The molecule has 2 amide bonds. The van der Waals surface area contributed by atoms with Crippen LogP contribution in [-0.2, 0) is 11.3 Å². The Balaban J connectivity index is 1.69. The van der Waals surface area contributed by atoms with Crippen LogP contribution in [0.25, 0.3) is 0 Å². The van der Waals surface area contributed by atoms with Crippen LogP contribution in [0.3, 0.4) is 0 Å². The molecule has 2 aromatic heterocycles.